The molecule has 0 radical (unpaired) electrons. The largest absolute Gasteiger partial charge is 0.460 e. The van der Waals surface area contributed by atoms with Crippen LogP contribution in [0.3, 0.4) is 0 Å². The molecule has 162 valence electrons. The number of likely N-dealkylation sites (N-methyl/N-ethyl adjacent to an activating group) is 1. The Kier molecular flexibility index (Phi) is 10.1. The second kappa shape index (κ2) is 12.8. The molecule has 5 nitrogen and oxygen atoms in total. The Bertz CT molecular complexity index is 764. The molecule has 0 aliphatic carbocycles. The summed E-state index contributed by atoms with van der Waals surface area (Å²) in [5.41, 5.74) is 2.09. The number of ether oxygens (including phenoxy) is 1. The minimum atomic E-state index is -0.549. The maximum Gasteiger partial charge on any atom is 0.323 e. The first-order valence-corrected chi connectivity index (χ1v) is 10.8. The van der Waals surface area contributed by atoms with E-state index in [4.69, 9.17) is 4.74 Å². The Morgan fingerprint density at radius 1 is 1.00 bits per heavy atom. The maximum atomic E-state index is 12.8. The number of hydrogen-bond acceptors (Lipinski definition) is 4. The zero-order chi connectivity index (χ0) is 21.8. The number of aryl methyl sites for hydroxylation is 1. The second-order valence-corrected chi connectivity index (χ2v) is 7.67. The minimum Gasteiger partial charge on any atom is -0.460 e. The molecule has 1 amide bonds. The molecule has 0 saturated carbocycles. The van der Waals surface area contributed by atoms with Crippen molar-refractivity contribution < 1.29 is 14.3 Å². The number of rotatable bonds is 12. The fourth-order valence-corrected chi connectivity index (χ4v) is 3.26. The van der Waals surface area contributed by atoms with Crippen LogP contribution in [-0.2, 0) is 27.4 Å². The average Bonchev–Trinajstić information content (AvgIpc) is 2.79. The van der Waals surface area contributed by atoms with E-state index in [0.29, 0.717) is 13.0 Å². The van der Waals surface area contributed by atoms with Crippen molar-refractivity contribution in [3.8, 4) is 0 Å². The molecule has 0 spiro atoms. The van der Waals surface area contributed by atoms with Crippen LogP contribution in [-0.4, -0.2) is 42.5 Å². The molecule has 1 N–H and O–H groups in total. The zero-order valence-corrected chi connectivity index (χ0v) is 18.3. The quantitative estimate of drug-likeness (QED) is 0.538. The van der Waals surface area contributed by atoms with E-state index in [-0.39, 0.29) is 18.5 Å². The summed E-state index contributed by atoms with van der Waals surface area (Å²) in [6, 6.07) is 18.6. The van der Waals surface area contributed by atoms with Crippen LogP contribution >= 0.6 is 0 Å². The van der Waals surface area contributed by atoms with Crippen LogP contribution in [0.4, 0.5) is 0 Å². The molecule has 0 saturated heterocycles. The third-order valence-electron chi connectivity index (χ3n) is 5.12. The molecule has 2 aromatic rings. The number of nitrogens with zero attached hydrogens (tertiary/aromatic N) is 1. The van der Waals surface area contributed by atoms with Crippen LogP contribution in [0, 0.1) is 0 Å². The number of carbonyl (C=O) groups excluding carboxylic acids is 2. The van der Waals surface area contributed by atoms with Gasteiger partial charge in [0.2, 0.25) is 5.91 Å². The van der Waals surface area contributed by atoms with Crippen molar-refractivity contribution >= 4 is 11.9 Å². The van der Waals surface area contributed by atoms with Crippen molar-refractivity contribution in [1.82, 2.24) is 10.2 Å². The summed E-state index contributed by atoms with van der Waals surface area (Å²) >= 11 is 0. The summed E-state index contributed by atoms with van der Waals surface area (Å²) in [7, 11) is 1.81. The molecule has 0 fully saturated rings. The van der Waals surface area contributed by atoms with Crippen LogP contribution in [0.15, 0.2) is 60.7 Å². The predicted molar refractivity (Wildman–Crippen MR) is 120 cm³/mol. The first-order valence-electron chi connectivity index (χ1n) is 10.8. The van der Waals surface area contributed by atoms with Crippen LogP contribution in [0.1, 0.15) is 44.2 Å². The summed E-state index contributed by atoms with van der Waals surface area (Å²) in [4.78, 5) is 27.2. The number of nitrogens with one attached hydrogen (secondary N) is 1. The molecule has 0 aliphatic heterocycles. The van der Waals surface area contributed by atoms with Gasteiger partial charge in [0.15, 0.2) is 0 Å². The van der Waals surface area contributed by atoms with Crippen molar-refractivity contribution in [2.45, 2.75) is 58.2 Å². The third-order valence-corrected chi connectivity index (χ3v) is 5.12. The molecule has 0 bridgehead atoms. The SMILES string of the molecule is CCCCN(C)C(=O)[C@H](C)N[C@@H](CCc1ccccc1)C(=O)OCc1ccccc1. The van der Waals surface area contributed by atoms with Gasteiger partial charge in [0.1, 0.15) is 12.6 Å². The number of esters is 1. The number of benzene rings is 2. The lowest BCUT2D eigenvalue weighted by Crippen LogP contribution is -2.50. The van der Waals surface area contributed by atoms with Crippen molar-refractivity contribution in [2.75, 3.05) is 13.6 Å². The molecule has 30 heavy (non-hydrogen) atoms. The van der Waals surface area contributed by atoms with Gasteiger partial charge in [0.05, 0.1) is 6.04 Å². The van der Waals surface area contributed by atoms with E-state index in [9.17, 15) is 9.59 Å². The maximum absolute atomic E-state index is 12.8. The average molecular weight is 411 g/mol. The van der Waals surface area contributed by atoms with Crippen LogP contribution < -0.4 is 5.32 Å². The van der Waals surface area contributed by atoms with E-state index < -0.39 is 12.1 Å². The Hall–Kier alpha value is -2.66. The van der Waals surface area contributed by atoms with Gasteiger partial charge in [-0.3, -0.25) is 14.9 Å². The third kappa shape index (κ3) is 7.99. The number of carbonyl (C=O) groups is 2. The molecular weight excluding hydrogens is 376 g/mol. The van der Waals surface area contributed by atoms with E-state index in [1.165, 1.54) is 0 Å². The normalized spacial score (nSPS) is 12.8. The van der Waals surface area contributed by atoms with Crippen LogP contribution in [0.5, 0.6) is 0 Å². The smallest absolute Gasteiger partial charge is 0.323 e. The summed E-state index contributed by atoms with van der Waals surface area (Å²) < 4.78 is 5.56. The number of hydrogen-bond donors (Lipinski definition) is 1. The standard InChI is InChI=1S/C25H34N2O3/c1-4-5-18-27(3)24(28)20(2)26-23(17-16-21-12-8-6-9-13-21)25(29)30-19-22-14-10-7-11-15-22/h6-15,20,23,26H,4-5,16-19H2,1-3H3/t20-,23-/m0/s1. The van der Waals surface area contributed by atoms with Crippen molar-refractivity contribution in [3.05, 3.63) is 71.8 Å². The fourth-order valence-electron chi connectivity index (χ4n) is 3.26. The molecular formula is C25H34N2O3. The Labute approximate surface area is 180 Å². The highest BCUT2D eigenvalue weighted by Gasteiger charge is 2.26. The van der Waals surface area contributed by atoms with E-state index in [1.807, 2.05) is 74.6 Å². The van der Waals surface area contributed by atoms with Gasteiger partial charge < -0.3 is 9.64 Å². The summed E-state index contributed by atoms with van der Waals surface area (Å²) in [5.74, 6) is -0.338. The number of amides is 1. The topological polar surface area (TPSA) is 58.6 Å². The van der Waals surface area contributed by atoms with E-state index in [1.54, 1.807) is 4.90 Å². The van der Waals surface area contributed by atoms with Gasteiger partial charge in [-0.25, -0.2) is 0 Å². The molecule has 5 heteroatoms. The molecule has 2 atom stereocenters. The molecule has 2 rings (SSSR count). The highest BCUT2D eigenvalue weighted by atomic mass is 16.5. The summed E-state index contributed by atoms with van der Waals surface area (Å²) in [6.45, 7) is 4.85. The Morgan fingerprint density at radius 2 is 1.60 bits per heavy atom. The van der Waals surface area contributed by atoms with Gasteiger partial charge in [-0.2, -0.15) is 0 Å². The molecule has 0 heterocycles. The van der Waals surface area contributed by atoms with Gasteiger partial charge in [-0.15, -0.1) is 0 Å². The van der Waals surface area contributed by atoms with Crippen molar-refractivity contribution in [3.63, 3.8) is 0 Å². The monoisotopic (exact) mass is 410 g/mol. The van der Waals surface area contributed by atoms with Crippen molar-refractivity contribution in [1.29, 1.82) is 0 Å². The summed E-state index contributed by atoms with van der Waals surface area (Å²) in [6.07, 6.45) is 3.29. The van der Waals surface area contributed by atoms with Gasteiger partial charge in [-0.1, -0.05) is 74.0 Å². The molecule has 0 aromatic heterocycles. The van der Waals surface area contributed by atoms with Crippen LogP contribution in [0.25, 0.3) is 0 Å². The van der Waals surface area contributed by atoms with E-state index in [2.05, 4.69) is 12.2 Å². The van der Waals surface area contributed by atoms with Crippen LogP contribution in [0.2, 0.25) is 0 Å². The highest BCUT2D eigenvalue weighted by Crippen LogP contribution is 2.10. The Morgan fingerprint density at radius 3 is 2.20 bits per heavy atom. The highest BCUT2D eigenvalue weighted by molar-refractivity contribution is 5.83. The fraction of sp³-hybridized carbons (Fsp3) is 0.440. The first kappa shape index (κ1) is 23.6. The van der Waals surface area contributed by atoms with E-state index >= 15 is 0 Å². The van der Waals surface area contributed by atoms with E-state index in [0.717, 1.165) is 30.4 Å². The van der Waals surface area contributed by atoms with Gasteiger partial charge in [0.25, 0.3) is 0 Å². The lowest BCUT2D eigenvalue weighted by Gasteiger charge is -2.25. The Balaban J connectivity index is 1.99. The van der Waals surface area contributed by atoms with Gasteiger partial charge in [-0.05, 0) is 37.3 Å². The molecule has 2 aromatic carbocycles. The van der Waals surface area contributed by atoms with Gasteiger partial charge >= 0.3 is 5.97 Å². The number of unbranched alkanes of at least 4 members (excludes halogenated alkanes) is 1. The predicted octanol–water partition coefficient (Wildman–Crippen LogP) is 3.97. The summed E-state index contributed by atoms with van der Waals surface area (Å²) in [5, 5.41) is 3.21. The molecule has 0 aliphatic rings. The second-order valence-electron chi connectivity index (χ2n) is 7.67. The lowest BCUT2D eigenvalue weighted by atomic mass is 10.0. The lowest BCUT2D eigenvalue weighted by molar-refractivity contribution is -0.148. The minimum absolute atomic E-state index is 0.0102. The van der Waals surface area contributed by atoms with Gasteiger partial charge in [0, 0.05) is 13.6 Å². The first-order chi connectivity index (χ1) is 14.5. The van der Waals surface area contributed by atoms with Crippen molar-refractivity contribution in [2.24, 2.45) is 0 Å². The molecule has 0 unspecified atom stereocenters. The zero-order valence-electron chi connectivity index (χ0n) is 18.3.